The SMILES string of the molecule is CC(C)(CC(=O)N1CC2(CCNCC2)c2ccccc2C1C(=O)NC1C2CC3CC(C2)CC1C3)C(=O)O. The minimum Gasteiger partial charge on any atom is -0.481 e. The van der Waals surface area contributed by atoms with E-state index in [9.17, 15) is 19.5 Å². The van der Waals surface area contributed by atoms with E-state index < -0.39 is 17.4 Å². The number of rotatable bonds is 5. The van der Waals surface area contributed by atoms with Gasteiger partial charge in [-0.15, -0.1) is 0 Å². The van der Waals surface area contributed by atoms with Gasteiger partial charge in [0.05, 0.1) is 5.41 Å². The lowest BCUT2D eigenvalue weighted by molar-refractivity contribution is -0.154. The van der Waals surface area contributed by atoms with Crippen LogP contribution in [0.1, 0.15) is 82.4 Å². The van der Waals surface area contributed by atoms with Gasteiger partial charge in [-0.05, 0) is 107 Å². The highest BCUT2D eigenvalue weighted by Crippen LogP contribution is 2.54. The van der Waals surface area contributed by atoms with E-state index >= 15 is 0 Å². The van der Waals surface area contributed by atoms with Gasteiger partial charge >= 0.3 is 5.97 Å². The Bertz CT molecular complexity index is 1060. The van der Waals surface area contributed by atoms with Crippen LogP contribution < -0.4 is 10.6 Å². The smallest absolute Gasteiger partial charge is 0.309 e. The fourth-order valence-electron chi connectivity index (χ4n) is 8.70. The fraction of sp³-hybridized carbons (Fsp3) is 0.700. The van der Waals surface area contributed by atoms with Crippen molar-refractivity contribution in [2.45, 2.75) is 82.7 Å². The van der Waals surface area contributed by atoms with Crippen LogP contribution in [0.3, 0.4) is 0 Å². The molecule has 1 atom stereocenters. The predicted octanol–water partition coefficient (Wildman–Crippen LogP) is 3.63. The Balaban J connectivity index is 1.34. The average Bonchev–Trinajstić information content (AvgIpc) is 2.86. The topological polar surface area (TPSA) is 98.7 Å². The number of aliphatic carboxylic acids is 1. The molecule has 6 aliphatic rings. The third-order valence-corrected chi connectivity index (χ3v) is 10.4. The normalized spacial score (nSPS) is 33.7. The first kappa shape index (κ1) is 24.9. The summed E-state index contributed by atoms with van der Waals surface area (Å²) in [4.78, 5) is 41.7. The zero-order chi connectivity index (χ0) is 25.9. The molecule has 1 aromatic rings. The van der Waals surface area contributed by atoms with E-state index in [2.05, 4.69) is 16.7 Å². The molecule has 4 saturated carbocycles. The van der Waals surface area contributed by atoms with Gasteiger partial charge in [-0.1, -0.05) is 24.3 Å². The van der Waals surface area contributed by atoms with Crippen molar-refractivity contribution in [1.82, 2.24) is 15.5 Å². The van der Waals surface area contributed by atoms with Crippen molar-refractivity contribution in [3.8, 4) is 0 Å². The lowest BCUT2D eigenvalue weighted by atomic mass is 9.54. The maximum atomic E-state index is 14.2. The molecule has 1 saturated heterocycles. The molecule has 200 valence electrons. The first-order valence-corrected chi connectivity index (χ1v) is 14.3. The third kappa shape index (κ3) is 4.27. The summed E-state index contributed by atoms with van der Waals surface area (Å²) in [7, 11) is 0. The molecule has 37 heavy (non-hydrogen) atoms. The standard InChI is InChI=1S/C30H41N3O4/c1-29(2,28(36)37)16-24(34)33-17-30(7-9-31-10-8-30)23-6-4-3-5-22(23)26(33)27(35)32-25-20-12-18-11-19(14-20)15-21(25)13-18/h3-6,18-21,25-26,31H,7-17H2,1-2H3,(H,32,35)(H,36,37). The molecule has 4 aliphatic carbocycles. The molecule has 1 spiro atoms. The number of piperidine rings is 1. The maximum Gasteiger partial charge on any atom is 0.309 e. The highest BCUT2D eigenvalue weighted by atomic mass is 16.4. The molecule has 4 bridgehead atoms. The molecule has 0 radical (unpaired) electrons. The quantitative estimate of drug-likeness (QED) is 0.565. The van der Waals surface area contributed by atoms with Gasteiger partial charge in [-0.25, -0.2) is 0 Å². The molecule has 2 amide bonds. The Morgan fingerprint density at radius 3 is 2.27 bits per heavy atom. The van der Waals surface area contributed by atoms with Crippen LogP contribution in [-0.4, -0.2) is 53.5 Å². The van der Waals surface area contributed by atoms with Crippen LogP contribution in [0, 0.1) is 29.1 Å². The van der Waals surface area contributed by atoms with Crippen molar-refractivity contribution in [2.24, 2.45) is 29.1 Å². The zero-order valence-electron chi connectivity index (χ0n) is 22.2. The van der Waals surface area contributed by atoms with Crippen molar-refractivity contribution in [2.75, 3.05) is 19.6 Å². The average molecular weight is 508 g/mol. The lowest BCUT2D eigenvalue weighted by Crippen LogP contribution is -2.60. The molecule has 7 heteroatoms. The number of benzene rings is 1. The van der Waals surface area contributed by atoms with Crippen LogP contribution in [-0.2, 0) is 19.8 Å². The Kier molecular flexibility index (Phi) is 6.13. The number of carbonyl (C=O) groups excluding carboxylic acids is 2. The second-order valence-corrected chi connectivity index (χ2v) is 13.4. The molecule has 1 unspecified atom stereocenters. The third-order valence-electron chi connectivity index (χ3n) is 10.4. The van der Waals surface area contributed by atoms with Crippen LogP contribution in [0.2, 0.25) is 0 Å². The van der Waals surface area contributed by atoms with E-state index in [1.165, 1.54) is 37.7 Å². The second-order valence-electron chi connectivity index (χ2n) is 13.4. The van der Waals surface area contributed by atoms with E-state index in [1.54, 1.807) is 18.7 Å². The van der Waals surface area contributed by atoms with Gasteiger partial charge in [-0.2, -0.15) is 0 Å². The van der Waals surface area contributed by atoms with Gasteiger partial charge in [0.1, 0.15) is 6.04 Å². The van der Waals surface area contributed by atoms with Crippen molar-refractivity contribution >= 4 is 17.8 Å². The minimum absolute atomic E-state index is 0.0878. The summed E-state index contributed by atoms with van der Waals surface area (Å²) >= 11 is 0. The Morgan fingerprint density at radius 2 is 1.65 bits per heavy atom. The molecule has 3 N–H and O–H groups in total. The summed E-state index contributed by atoms with van der Waals surface area (Å²) in [5.41, 5.74) is 0.684. The van der Waals surface area contributed by atoms with E-state index in [4.69, 9.17) is 0 Å². The van der Waals surface area contributed by atoms with Crippen molar-refractivity contribution in [3.05, 3.63) is 35.4 Å². The summed E-state index contributed by atoms with van der Waals surface area (Å²) in [6.07, 6.45) is 7.87. The first-order valence-electron chi connectivity index (χ1n) is 14.3. The molecule has 2 heterocycles. The van der Waals surface area contributed by atoms with E-state index in [0.29, 0.717) is 18.4 Å². The van der Waals surface area contributed by atoms with E-state index in [1.807, 2.05) is 18.2 Å². The monoisotopic (exact) mass is 507 g/mol. The van der Waals surface area contributed by atoms with E-state index in [-0.39, 0.29) is 29.7 Å². The molecule has 2 aliphatic heterocycles. The zero-order valence-corrected chi connectivity index (χ0v) is 22.2. The van der Waals surface area contributed by atoms with Crippen molar-refractivity contribution in [1.29, 1.82) is 0 Å². The number of amides is 2. The molecule has 7 rings (SSSR count). The summed E-state index contributed by atoms with van der Waals surface area (Å²) in [5.74, 6) is 1.41. The van der Waals surface area contributed by atoms with Gasteiger partial charge in [0.2, 0.25) is 11.8 Å². The van der Waals surface area contributed by atoms with E-state index in [0.717, 1.165) is 43.3 Å². The van der Waals surface area contributed by atoms with Crippen molar-refractivity contribution < 1.29 is 19.5 Å². The summed E-state index contributed by atoms with van der Waals surface area (Å²) in [6, 6.07) is 7.64. The summed E-state index contributed by atoms with van der Waals surface area (Å²) < 4.78 is 0. The minimum atomic E-state index is -1.20. The number of carboxylic acid groups (broad SMARTS) is 1. The molecule has 7 nitrogen and oxygen atoms in total. The predicted molar refractivity (Wildman–Crippen MR) is 140 cm³/mol. The molecular weight excluding hydrogens is 466 g/mol. The highest BCUT2D eigenvalue weighted by molar-refractivity contribution is 5.92. The Labute approximate surface area is 219 Å². The molecule has 1 aromatic carbocycles. The number of hydrogen-bond acceptors (Lipinski definition) is 4. The van der Waals surface area contributed by atoms with Crippen LogP contribution in [0.5, 0.6) is 0 Å². The lowest BCUT2D eigenvalue weighted by Gasteiger charge is -2.55. The number of nitrogens with one attached hydrogen (secondary N) is 2. The van der Waals surface area contributed by atoms with Gasteiger partial charge < -0.3 is 20.6 Å². The number of hydrogen-bond donors (Lipinski definition) is 3. The highest BCUT2D eigenvalue weighted by Gasteiger charge is 2.52. The van der Waals surface area contributed by atoms with Gasteiger partial charge in [0.15, 0.2) is 0 Å². The fourth-order valence-corrected chi connectivity index (χ4v) is 8.70. The van der Waals surface area contributed by atoms with Crippen LogP contribution in [0.25, 0.3) is 0 Å². The number of fused-ring (bicyclic) bond motifs is 2. The first-order chi connectivity index (χ1) is 17.7. The summed E-state index contributed by atoms with van der Waals surface area (Å²) in [6.45, 7) is 5.37. The number of carboxylic acids is 1. The Hall–Kier alpha value is -2.41. The Morgan fingerprint density at radius 1 is 1.03 bits per heavy atom. The van der Waals surface area contributed by atoms with Crippen LogP contribution in [0.15, 0.2) is 24.3 Å². The molecular formula is C30H41N3O4. The maximum absolute atomic E-state index is 14.2. The summed E-state index contributed by atoms with van der Waals surface area (Å²) in [5, 5.41) is 16.7. The number of nitrogens with zero attached hydrogens (tertiary/aromatic N) is 1. The van der Waals surface area contributed by atoms with Crippen molar-refractivity contribution in [3.63, 3.8) is 0 Å². The number of carbonyl (C=O) groups is 3. The van der Waals surface area contributed by atoms with Gasteiger partial charge in [0, 0.05) is 24.4 Å². The largest absolute Gasteiger partial charge is 0.481 e. The van der Waals surface area contributed by atoms with Gasteiger partial charge in [0.25, 0.3) is 0 Å². The molecule has 0 aromatic heterocycles. The van der Waals surface area contributed by atoms with Gasteiger partial charge in [-0.3, -0.25) is 14.4 Å². The molecule has 5 fully saturated rings. The second kappa shape index (κ2) is 9.11. The van der Waals surface area contributed by atoms with Crippen LogP contribution in [0.4, 0.5) is 0 Å². The van der Waals surface area contributed by atoms with Crippen LogP contribution >= 0.6 is 0 Å².